The normalized spacial score (nSPS) is 13.0. The number of hydrogen-bond donors (Lipinski definition) is 1. The quantitative estimate of drug-likeness (QED) is 0.0320. The number of benzene rings is 7. The molecule has 0 bridgehead atoms. The van der Waals surface area contributed by atoms with Crippen molar-refractivity contribution in [2.75, 3.05) is 89.2 Å². The lowest BCUT2D eigenvalue weighted by Crippen LogP contribution is -2.10. The lowest BCUT2D eigenvalue weighted by atomic mass is 9.87. The number of rotatable bonds is 34. The summed E-state index contributed by atoms with van der Waals surface area (Å²) in [6, 6.07) is 58.8. The monoisotopic (exact) mass is 1420 g/mol. The summed E-state index contributed by atoms with van der Waals surface area (Å²) in [5, 5.41) is 0. The number of aromatic amines is 1. The van der Waals surface area contributed by atoms with Crippen molar-refractivity contribution >= 4 is 70.5 Å². The van der Waals surface area contributed by atoms with Crippen molar-refractivity contribution in [3.8, 4) is 35.2 Å². The predicted molar refractivity (Wildman–Crippen MR) is 466 cm³/mol. The van der Waals surface area contributed by atoms with E-state index >= 15 is 0 Å². The molecule has 0 radical (unpaired) electrons. The second-order valence-corrected chi connectivity index (χ2v) is 31.5. The number of hydrogen-bond acceptors (Lipinski definition) is 7. The van der Waals surface area contributed by atoms with Crippen molar-refractivity contribution in [1.29, 1.82) is 0 Å². The van der Waals surface area contributed by atoms with Gasteiger partial charge in [0.2, 0.25) is 0 Å². The summed E-state index contributed by atoms with van der Waals surface area (Å²) >= 11 is 0. The Balaban J connectivity index is 1.40. The van der Waals surface area contributed by atoms with E-state index in [1.54, 1.807) is 0 Å². The minimum Gasteiger partial charge on any atom is -0.493 e. The third kappa shape index (κ3) is 24.4. The number of anilines is 4. The van der Waals surface area contributed by atoms with Crippen LogP contribution in [-0.2, 0) is 10.8 Å². The molecule has 0 saturated carbocycles. The molecule has 0 unspecified atom stereocenters. The fourth-order valence-corrected chi connectivity index (χ4v) is 13.0. The lowest BCUT2D eigenvalue weighted by molar-refractivity contribution is 0.289. The number of nitrogens with one attached hydrogen (secondary N) is 1. The van der Waals surface area contributed by atoms with Crippen LogP contribution in [0.1, 0.15) is 231 Å². The van der Waals surface area contributed by atoms with E-state index in [1.165, 1.54) is 88.2 Å². The van der Waals surface area contributed by atoms with Crippen LogP contribution in [0.5, 0.6) is 11.5 Å². The SMILES string of the molecule is CCCCCCCCCCOc1cc(OCCCCCCCCCC)cc(/C(=C2N=C(/C=C/c3ccc(N(C)C)cc3)C(C#Cc3ccc(C(C)(C)C)cc3)=C/2/C=C/c2ccc(N(C)C)cc2)c2[nH]c(/C=C/c3ccc(N(C)C)cc3)c(C#Cc3ccc(C(C)(C)C)cc3)c2/C=C/c2ccc(N(C)C)cc2)c1. The first-order valence-electron chi connectivity index (χ1n) is 39.4. The summed E-state index contributed by atoms with van der Waals surface area (Å²) < 4.78 is 14.1. The zero-order valence-corrected chi connectivity index (χ0v) is 67.5. The molecule has 8 aromatic rings. The van der Waals surface area contributed by atoms with Crippen LogP contribution in [0, 0.1) is 23.7 Å². The summed E-state index contributed by atoms with van der Waals surface area (Å²) in [7, 11) is 16.6. The fraction of sp³-hybridized carbons (Fsp3) is 0.364. The predicted octanol–water partition coefficient (Wildman–Crippen LogP) is 24.6. The van der Waals surface area contributed by atoms with Gasteiger partial charge in [-0.05, 0) is 160 Å². The molecule has 107 heavy (non-hydrogen) atoms. The summed E-state index contributed by atoms with van der Waals surface area (Å²) in [5.41, 5.74) is 21.1. The third-order valence-electron chi connectivity index (χ3n) is 19.8. The molecule has 0 spiro atoms. The average Bonchev–Trinajstić information content (AvgIpc) is 1.60. The van der Waals surface area contributed by atoms with Crippen molar-refractivity contribution in [1.82, 2.24) is 4.98 Å². The number of aliphatic imine (C=N–C) groups is 1. The molecule has 0 aliphatic carbocycles. The molecular formula is C99H120N6O2. The van der Waals surface area contributed by atoms with Crippen molar-refractivity contribution < 1.29 is 9.47 Å². The fourth-order valence-electron chi connectivity index (χ4n) is 13.0. The number of ether oxygens (including phenoxy) is 2. The summed E-state index contributed by atoms with van der Waals surface area (Å²) in [6.45, 7) is 19.2. The molecule has 0 amide bonds. The Bertz CT molecular complexity index is 4470. The van der Waals surface area contributed by atoms with Gasteiger partial charge in [0.05, 0.1) is 47.1 Å². The number of nitrogens with zero attached hydrogens (tertiary/aromatic N) is 5. The Kier molecular flexibility index (Phi) is 30.2. The minimum atomic E-state index is -0.0264. The minimum absolute atomic E-state index is 0.0244. The van der Waals surface area contributed by atoms with Gasteiger partial charge in [-0.2, -0.15) is 0 Å². The summed E-state index contributed by atoms with van der Waals surface area (Å²) in [4.78, 5) is 18.7. The molecule has 0 saturated heterocycles. The summed E-state index contributed by atoms with van der Waals surface area (Å²) in [5.74, 6) is 16.6. The third-order valence-corrected chi connectivity index (χ3v) is 19.8. The zero-order valence-electron chi connectivity index (χ0n) is 67.5. The van der Waals surface area contributed by atoms with E-state index in [0.717, 1.165) is 150 Å². The van der Waals surface area contributed by atoms with Gasteiger partial charge in [0.25, 0.3) is 0 Å². The number of aromatic nitrogens is 1. The van der Waals surface area contributed by atoms with E-state index < -0.39 is 0 Å². The molecule has 2 heterocycles. The topological polar surface area (TPSA) is 59.6 Å². The van der Waals surface area contributed by atoms with Crippen molar-refractivity contribution in [2.45, 2.75) is 169 Å². The van der Waals surface area contributed by atoms with Crippen molar-refractivity contribution in [3.63, 3.8) is 0 Å². The maximum atomic E-state index is 7.05. The van der Waals surface area contributed by atoms with Gasteiger partial charge in [-0.3, -0.25) is 0 Å². The Hall–Kier alpha value is -10.2. The molecule has 558 valence electrons. The highest BCUT2D eigenvalue weighted by Crippen LogP contribution is 2.43. The standard InChI is InChI=1S/C99H120N6O2/c1-17-19-21-23-25-27-29-31-69-106-87-71-80(72-88(73-87)107-70-32-30-28-26-24-22-20-18-2)95(96-91(65-47-76-37-55-83(56-38-76)102(9)10)89(63-45-74-33-51-81(52-34-74)98(3,4)5)93(100-96)67-49-78-41-59-85(60-42-78)104(13)14)97-92(66-48-77-39-57-84(58-40-77)103(11)12)90(64-46-75-35-53-82(54-36-75)99(6,7)8)94(101-97)68-50-79-43-61-86(62-44-79)105(15)16/h33-44,47-62,65-68,71-73,100H,17-32,69-70H2,1-16H3/b65-47+,66-48+,67-49+,68-50+,97-95-. The van der Waals surface area contributed by atoms with E-state index in [2.05, 4.69) is 372 Å². The van der Waals surface area contributed by atoms with Crippen LogP contribution in [0.25, 0.3) is 42.0 Å². The Morgan fingerprint density at radius 3 is 1.15 bits per heavy atom. The first-order chi connectivity index (χ1) is 51.5. The van der Waals surface area contributed by atoms with E-state index in [9.17, 15) is 0 Å². The van der Waals surface area contributed by atoms with Gasteiger partial charge in [0.15, 0.2) is 0 Å². The van der Waals surface area contributed by atoms with Crippen LogP contribution in [0.15, 0.2) is 198 Å². The van der Waals surface area contributed by atoms with Crippen molar-refractivity contribution in [3.05, 3.63) is 265 Å². The second-order valence-electron chi connectivity index (χ2n) is 31.5. The van der Waals surface area contributed by atoms with Gasteiger partial charge in [0, 0.05) is 113 Å². The van der Waals surface area contributed by atoms with Gasteiger partial charge >= 0.3 is 0 Å². The summed E-state index contributed by atoms with van der Waals surface area (Å²) in [6.07, 6.45) is 36.8. The van der Waals surface area contributed by atoms with Gasteiger partial charge in [-0.15, -0.1) is 0 Å². The lowest BCUT2D eigenvalue weighted by Gasteiger charge is -2.18. The van der Waals surface area contributed by atoms with Gasteiger partial charge in [0.1, 0.15) is 11.5 Å². The molecule has 1 aliphatic rings. The highest BCUT2D eigenvalue weighted by molar-refractivity contribution is 6.18. The second kappa shape index (κ2) is 40.0. The van der Waals surface area contributed by atoms with E-state index in [1.807, 2.05) is 0 Å². The molecule has 7 aromatic carbocycles. The van der Waals surface area contributed by atoms with Crippen LogP contribution in [0.3, 0.4) is 0 Å². The maximum absolute atomic E-state index is 7.05. The molecule has 1 aliphatic heterocycles. The van der Waals surface area contributed by atoms with Crippen LogP contribution in [0.4, 0.5) is 22.7 Å². The molecule has 1 aromatic heterocycles. The average molecular weight is 1430 g/mol. The van der Waals surface area contributed by atoms with Gasteiger partial charge in [-0.25, -0.2) is 4.99 Å². The van der Waals surface area contributed by atoms with Crippen molar-refractivity contribution in [2.24, 2.45) is 4.99 Å². The smallest absolute Gasteiger partial charge is 0.123 e. The van der Waals surface area contributed by atoms with Crippen LogP contribution >= 0.6 is 0 Å². The van der Waals surface area contributed by atoms with Crippen LogP contribution in [-0.4, -0.2) is 80.3 Å². The number of H-pyrrole nitrogens is 1. The number of unbranched alkanes of at least 4 members (excludes halogenated alkanes) is 14. The molecule has 0 fully saturated rings. The van der Waals surface area contributed by atoms with E-state index in [-0.39, 0.29) is 10.8 Å². The zero-order chi connectivity index (χ0) is 76.3. The maximum Gasteiger partial charge on any atom is 0.123 e. The molecule has 0 atom stereocenters. The Morgan fingerprint density at radius 1 is 0.393 bits per heavy atom. The highest BCUT2D eigenvalue weighted by Gasteiger charge is 2.29. The first-order valence-corrected chi connectivity index (χ1v) is 39.4. The highest BCUT2D eigenvalue weighted by atomic mass is 16.5. The van der Waals surface area contributed by atoms with Crippen LogP contribution < -0.4 is 29.1 Å². The van der Waals surface area contributed by atoms with Gasteiger partial charge < -0.3 is 34.1 Å². The number of allylic oxidation sites excluding steroid dienone is 3. The molecule has 1 N–H and O–H groups in total. The van der Waals surface area contributed by atoms with Gasteiger partial charge in [-0.1, -0.05) is 278 Å². The molecular weight excluding hydrogens is 1310 g/mol. The van der Waals surface area contributed by atoms with Crippen LogP contribution in [0.2, 0.25) is 0 Å². The molecule has 9 rings (SSSR count). The Labute approximate surface area is 644 Å². The van der Waals surface area contributed by atoms with E-state index in [0.29, 0.717) is 13.2 Å². The Morgan fingerprint density at radius 2 is 0.757 bits per heavy atom. The first kappa shape index (κ1) is 80.9. The molecule has 8 heteroatoms. The van der Waals surface area contributed by atoms with E-state index in [4.69, 9.17) is 14.5 Å². The molecule has 8 nitrogen and oxygen atoms in total. The largest absolute Gasteiger partial charge is 0.493 e.